The summed E-state index contributed by atoms with van der Waals surface area (Å²) in [6.07, 6.45) is 0. The van der Waals surface area contributed by atoms with Crippen LogP contribution in [-0.2, 0) is 4.43 Å². The number of nitrogens with zero attached hydrogens (tertiary/aromatic N) is 1. The van der Waals surface area contributed by atoms with E-state index in [0.717, 1.165) is 4.47 Å². The third kappa shape index (κ3) is 5.60. The topological polar surface area (TPSA) is 38.8 Å². The van der Waals surface area contributed by atoms with Gasteiger partial charge in [0.25, 0.3) is 5.91 Å². The number of hydrogen-bond donors (Lipinski definition) is 0. The van der Waals surface area contributed by atoms with Crippen LogP contribution in [0.5, 0.6) is 5.75 Å². The second-order valence-electron chi connectivity index (χ2n) is 7.41. The molecule has 0 aromatic heterocycles. The first-order valence-electron chi connectivity index (χ1n) is 8.31. The Morgan fingerprint density at radius 3 is 2.46 bits per heavy atom. The number of carbonyl (C=O) groups excluding carboxylic acids is 1. The standard InChI is InChI=1S/C18H30BrNO3Si/c1-8-22-16-13-14(9-10-15(16)19)17(21)20(5)11-12-23-24(6,7)18(2,3)4/h9-10,13H,8,11-12H2,1-7H3. The highest BCUT2D eigenvalue weighted by Gasteiger charge is 2.37. The molecule has 0 bridgehead atoms. The molecule has 136 valence electrons. The van der Waals surface area contributed by atoms with E-state index >= 15 is 0 Å². The van der Waals surface area contributed by atoms with Crippen LogP contribution in [0.2, 0.25) is 18.1 Å². The normalized spacial score (nSPS) is 12.2. The Kier molecular flexibility index (Phi) is 7.50. The highest BCUT2D eigenvalue weighted by atomic mass is 79.9. The Hall–Kier alpha value is -0.853. The number of rotatable bonds is 7. The van der Waals surface area contributed by atoms with Crippen LogP contribution in [0.4, 0.5) is 0 Å². The molecule has 1 rings (SSSR count). The van der Waals surface area contributed by atoms with Crippen LogP contribution in [0.3, 0.4) is 0 Å². The highest BCUT2D eigenvalue weighted by molar-refractivity contribution is 9.10. The predicted molar refractivity (Wildman–Crippen MR) is 105 cm³/mol. The molecule has 0 aliphatic heterocycles. The average Bonchev–Trinajstić information content (AvgIpc) is 2.47. The first kappa shape index (κ1) is 21.2. The Balaban J connectivity index is 2.67. The van der Waals surface area contributed by atoms with Gasteiger partial charge in [0.05, 0.1) is 17.7 Å². The molecular weight excluding hydrogens is 386 g/mol. The van der Waals surface area contributed by atoms with Gasteiger partial charge in [-0.05, 0) is 59.2 Å². The van der Waals surface area contributed by atoms with Crippen molar-refractivity contribution in [2.24, 2.45) is 0 Å². The van der Waals surface area contributed by atoms with Gasteiger partial charge in [-0.3, -0.25) is 4.79 Å². The van der Waals surface area contributed by atoms with Crippen molar-refractivity contribution in [2.45, 2.75) is 45.8 Å². The van der Waals surface area contributed by atoms with Gasteiger partial charge in [-0.15, -0.1) is 0 Å². The first-order chi connectivity index (χ1) is 11.0. The number of amides is 1. The third-order valence-corrected chi connectivity index (χ3v) is 9.71. The monoisotopic (exact) mass is 415 g/mol. The van der Waals surface area contributed by atoms with Crippen molar-refractivity contribution in [3.05, 3.63) is 28.2 Å². The number of carbonyl (C=O) groups is 1. The van der Waals surface area contributed by atoms with E-state index in [1.807, 2.05) is 13.0 Å². The van der Waals surface area contributed by atoms with Crippen LogP contribution in [0.1, 0.15) is 38.1 Å². The molecular formula is C18H30BrNO3Si. The van der Waals surface area contributed by atoms with E-state index in [2.05, 4.69) is 49.8 Å². The van der Waals surface area contributed by atoms with Gasteiger partial charge in [-0.1, -0.05) is 20.8 Å². The molecule has 6 heteroatoms. The summed E-state index contributed by atoms with van der Waals surface area (Å²) in [5.74, 6) is 0.663. The zero-order valence-corrected chi connectivity index (χ0v) is 18.5. The van der Waals surface area contributed by atoms with Crippen molar-refractivity contribution in [1.29, 1.82) is 0 Å². The van der Waals surface area contributed by atoms with E-state index in [0.29, 0.717) is 31.1 Å². The summed E-state index contributed by atoms with van der Waals surface area (Å²) in [5, 5.41) is 0.174. The van der Waals surface area contributed by atoms with Gasteiger partial charge in [0, 0.05) is 19.2 Å². The average molecular weight is 416 g/mol. The second kappa shape index (κ2) is 8.49. The van der Waals surface area contributed by atoms with Crippen LogP contribution in [0.25, 0.3) is 0 Å². The van der Waals surface area contributed by atoms with E-state index in [-0.39, 0.29) is 10.9 Å². The molecule has 0 spiro atoms. The molecule has 1 amide bonds. The lowest BCUT2D eigenvalue weighted by atomic mass is 10.2. The molecule has 0 aliphatic rings. The summed E-state index contributed by atoms with van der Waals surface area (Å²) in [6.45, 7) is 14.7. The molecule has 0 radical (unpaired) electrons. The summed E-state index contributed by atoms with van der Waals surface area (Å²) >= 11 is 3.43. The van der Waals surface area contributed by atoms with Crippen molar-refractivity contribution in [1.82, 2.24) is 4.90 Å². The van der Waals surface area contributed by atoms with Crippen molar-refractivity contribution >= 4 is 30.2 Å². The first-order valence-corrected chi connectivity index (χ1v) is 12.0. The third-order valence-electron chi connectivity index (χ3n) is 4.52. The maximum absolute atomic E-state index is 12.6. The molecule has 0 heterocycles. The van der Waals surface area contributed by atoms with E-state index in [4.69, 9.17) is 9.16 Å². The van der Waals surface area contributed by atoms with Gasteiger partial charge in [0.15, 0.2) is 8.32 Å². The Bertz CT molecular complexity index is 570. The molecule has 1 aromatic rings. The number of ether oxygens (including phenoxy) is 1. The molecule has 0 atom stereocenters. The fraction of sp³-hybridized carbons (Fsp3) is 0.611. The highest BCUT2D eigenvalue weighted by Crippen LogP contribution is 2.36. The van der Waals surface area contributed by atoms with Crippen LogP contribution >= 0.6 is 15.9 Å². The fourth-order valence-corrected chi connectivity index (χ4v) is 3.27. The molecule has 0 aliphatic carbocycles. The largest absolute Gasteiger partial charge is 0.493 e. The number of benzene rings is 1. The predicted octanol–water partition coefficient (Wildman–Crippen LogP) is 4.94. The maximum Gasteiger partial charge on any atom is 0.253 e. The summed E-state index contributed by atoms with van der Waals surface area (Å²) < 4.78 is 12.5. The van der Waals surface area contributed by atoms with Crippen molar-refractivity contribution in [2.75, 3.05) is 26.8 Å². The van der Waals surface area contributed by atoms with Crippen molar-refractivity contribution in [3.8, 4) is 5.75 Å². The van der Waals surface area contributed by atoms with Gasteiger partial charge in [-0.2, -0.15) is 0 Å². The van der Waals surface area contributed by atoms with Gasteiger partial charge < -0.3 is 14.1 Å². The Morgan fingerprint density at radius 2 is 1.92 bits per heavy atom. The SMILES string of the molecule is CCOc1cc(C(=O)N(C)CCO[Si](C)(C)C(C)(C)C)ccc1Br. The van der Waals surface area contributed by atoms with E-state index in [1.165, 1.54) is 0 Å². The maximum atomic E-state index is 12.6. The zero-order valence-electron chi connectivity index (χ0n) is 15.9. The quantitative estimate of drug-likeness (QED) is 0.591. The smallest absolute Gasteiger partial charge is 0.253 e. The minimum Gasteiger partial charge on any atom is -0.493 e. The van der Waals surface area contributed by atoms with Gasteiger partial charge in [-0.25, -0.2) is 0 Å². The number of hydrogen-bond acceptors (Lipinski definition) is 3. The molecule has 0 unspecified atom stereocenters. The molecule has 4 nitrogen and oxygen atoms in total. The molecule has 0 saturated carbocycles. The van der Waals surface area contributed by atoms with E-state index in [1.54, 1.807) is 24.1 Å². The van der Waals surface area contributed by atoms with E-state index < -0.39 is 8.32 Å². The van der Waals surface area contributed by atoms with Crippen LogP contribution in [-0.4, -0.2) is 45.9 Å². The second-order valence-corrected chi connectivity index (χ2v) is 13.1. The minimum absolute atomic E-state index is 0.0257. The molecule has 0 N–H and O–H groups in total. The molecule has 0 fully saturated rings. The van der Waals surface area contributed by atoms with Crippen LogP contribution in [0, 0.1) is 0 Å². The zero-order chi connectivity index (χ0) is 18.5. The van der Waals surface area contributed by atoms with Crippen LogP contribution < -0.4 is 4.74 Å². The van der Waals surface area contributed by atoms with Crippen LogP contribution in [0.15, 0.2) is 22.7 Å². The summed E-state index contributed by atoms with van der Waals surface area (Å²) in [4.78, 5) is 14.3. The summed E-state index contributed by atoms with van der Waals surface area (Å²) in [5.41, 5.74) is 0.622. The fourth-order valence-electron chi connectivity index (χ4n) is 1.88. The van der Waals surface area contributed by atoms with Gasteiger partial charge in [0.2, 0.25) is 0 Å². The van der Waals surface area contributed by atoms with Gasteiger partial charge >= 0.3 is 0 Å². The Morgan fingerprint density at radius 1 is 1.29 bits per heavy atom. The minimum atomic E-state index is -1.78. The lowest BCUT2D eigenvalue weighted by molar-refractivity contribution is 0.0769. The van der Waals surface area contributed by atoms with Crippen molar-refractivity contribution in [3.63, 3.8) is 0 Å². The van der Waals surface area contributed by atoms with E-state index in [9.17, 15) is 4.79 Å². The Labute approximate surface area is 155 Å². The number of halogens is 1. The van der Waals surface area contributed by atoms with Gasteiger partial charge in [0.1, 0.15) is 5.75 Å². The summed E-state index contributed by atoms with van der Waals surface area (Å²) in [7, 11) is 0.0282. The molecule has 1 aromatic carbocycles. The number of likely N-dealkylation sites (N-methyl/N-ethyl adjacent to an activating group) is 1. The molecule has 24 heavy (non-hydrogen) atoms. The lowest BCUT2D eigenvalue weighted by Crippen LogP contribution is -2.43. The summed E-state index contributed by atoms with van der Waals surface area (Å²) in [6, 6.07) is 5.43. The van der Waals surface area contributed by atoms with Crippen molar-refractivity contribution < 1.29 is 14.0 Å². The molecule has 0 saturated heterocycles. The lowest BCUT2D eigenvalue weighted by Gasteiger charge is -2.36.